The Kier molecular flexibility index (Phi) is 4.63. The van der Waals surface area contributed by atoms with Gasteiger partial charge in [0, 0.05) is 32.1 Å². The summed E-state index contributed by atoms with van der Waals surface area (Å²) in [4.78, 5) is 43.2. The number of likely N-dealkylation sites (N-methyl/N-ethyl adjacent to an activating group) is 1. The lowest BCUT2D eigenvalue weighted by molar-refractivity contribution is -0.118. The van der Waals surface area contributed by atoms with E-state index in [-0.39, 0.29) is 36.7 Å². The molecule has 1 atom stereocenters. The number of para-hydroxylation sites is 2. The van der Waals surface area contributed by atoms with Gasteiger partial charge in [-0.3, -0.25) is 19.3 Å². The van der Waals surface area contributed by atoms with Crippen molar-refractivity contribution in [2.45, 2.75) is 26.3 Å². The zero-order valence-corrected chi connectivity index (χ0v) is 16.1. The van der Waals surface area contributed by atoms with Crippen molar-refractivity contribution < 1.29 is 14.4 Å². The number of fused-ring (bicyclic) bond motifs is 2. The zero-order valence-electron chi connectivity index (χ0n) is 16.1. The summed E-state index contributed by atoms with van der Waals surface area (Å²) in [6, 6.07) is 14.9. The number of carbonyl (C=O) groups is 3. The van der Waals surface area contributed by atoms with Crippen LogP contribution in [0, 0.1) is 0 Å². The third-order valence-corrected chi connectivity index (χ3v) is 5.53. The van der Waals surface area contributed by atoms with Crippen molar-refractivity contribution in [2.75, 3.05) is 29.4 Å². The van der Waals surface area contributed by atoms with Crippen LogP contribution >= 0.6 is 0 Å². The predicted molar refractivity (Wildman–Crippen MR) is 108 cm³/mol. The Balaban J connectivity index is 1.51. The van der Waals surface area contributed by atoms with Crippen molar-refractivity contribution in [3.8, 4) is 0 Å². The molecule has 0 aromatic heterocycles. The number of amides is 3. The Hall–Kier alpha value is -3.15. The van der Waals surface area contributed by atoms with Gasteiger partial charge in [-0.15, -0.1) is 0 Å². The van der Waals surface area contributed by atoms with E-state index in [1.807, 2.05) is 24.3 Å². The Bertz CT molecular complexity index is 921. The molecule has 0 saturated heterocycles. The second-order valence-electron chi connectivity index (χ2n) is 7.19. The summed E-state index contributed by atoms with van der Waals surface area (Å²) in [6.45, 7) is 5.76. The first-order valence-electron chi connectivity index (χ1n) is 9.64. The third kappa shape index (κ3) is 2.85. The Labute approximate surface area is 164 Å². The summed E-state index contributed by atoms with van der Waals surface area (Å²) in [5, 5.41) is 0. The van der Waals surface area contributed by atoms with Crippen LogP contribution in [0.5, 0.6) is 0 Å². The fourth-order valence-corrected chi connectivity index (χ4v) is 4.14. The van der Waals surface area contributed by atoms with Crippen molar-refractivity contribution in [3.63, 3.8) is 0 Å². The van der Waals surface area contributed by atoms with Crippen LogP contribution in [0.3, 0.4) is 0 Å². The van der Waals surface area contributed by atoms with Crippen LogP contribution in [0.1, 0.15) is 41.0 Å². The molecule has 0 N–H and O–H groups in total. The lowest BCUT2D eigenvalue weighted by Crippen LogP contribution is -2.50. The van der Waals surface area contributed by atoms with E-state index in [2.05, 4.69) is 18.7 Å². The smallest absolute Gasteiger partial charge is 0.261 e. The minimum absolute atomic E-state index is 0.0772. The Morgan fingerprint density at radius 2 is 1.54 bits per heavy atom. The first kappa shape index (κ1) is 18.2. The van der Waals surface area contributed by atoms with Crippen molar-refractivity contribution in [1.82, 2.24) is 4.90 Å². The molecule has 0 fully saturated rings. The molecule has 2 aromatic carbocycles. The highest BCUT2D eigenvalue weighted by atomic mass is 16.2. The SMILES string of the molecule is CCN1c2ccccc2N(C(=O)CCN2C(=O)c3ccccc3C2=O)CC1C. The maximum atomic E-state index is 13.0. The molecule has 4 rings (SSSR count). The van der Waals surface area contributed by atoms with Gasteiger partial charge in [0.2, 0.25) is 5.91 Å². The number of hydrogen-bond acceptors (Lipinski definition) is 4. The average Bonchev–Trinajstić information content (AvgIpc) is 2.96. The molecular weight excluding hydrogens is 354 g/mol. The zero-order chi connectivity index (χ0) is 19.8. The molecule has 2 aromatic rings. The highest BCUT2D eigenvalue weighted by Crippen LogP contribution is 2.35. The number of imide groups is 1. The number of benzene rings is 2. The number of hydrogen-bond donors (Lipinski definition) is 0. The molecule has 0 bridgehead atoms. The van der Waals surface area contributed by atoms with Crippen molar-refractivity contribution in [3.05, 3.63) is 59.7 Å². The third-order valence-electron chi connectivity index (χ3n) is 5.53. The minimum atomic E-state index is -0.321. The van der Waals surface area contributed by atoms with Gasteiger partial charge >= 0.3 is 0 Å². The summed E-state index contributed by atoms with van der Waals surface area (Å²) >= 11 is 0. The molecule has 0 radical (unpaired) electrons. The molecule has 0 saturated carbocycles. The van der Waals surface area contributed by atoms with E-state index < -0.39 is 0 Å². The molecule has 2 heterocycles. The average molecular weight is 377 g/mol. The summed E-state index contributed by atoms with van der Waals surface area (Å²) in [7, 11) is 0. The highest BCUT2D eigenvalue weighted by molar-refractivity contribution is 6.21. The van der Waals surface area contributed by atoms with E-state index in [1.54, 1.807) is 29.2 Å². The molecule has 6 heteroatoms. The van der Waals surface area contributed by atoms with Crippen LogP contribution < -0.4 is 9.80 Å². The van der Waals surface area contributed by atoms with E-state index in [9.17, 15) is 14.4 Å². The second kappa shape index (κ2) is 7.11. The van der Waals surface area contributed by atoms with Crippen LogP contribution in [0.25, 0.3) is 0 Å². The van der Waals surface area contributed by atoms with Crippen molar-refractivity contribution in [2.24, 2.45) is 0 Å². The van der Waals surface area contributed by atoms with Gasteiger partial charge in [0.25, 0.3) is 11.8 Å². The van der Waals surface area contributed by atoms with E-state index in [0.29, 0.717) is 17.7 Å². The largest absolute Gasteiger partial charge is 0.366 e. The number of carbonyl (C=O) groups excluding carboxylic acids is 3. The lowest BCUT2D eigenvalue weighted by atomic mass is 10.1. The van der Waals surface area contributed by atoms with Gasteiger partial charge in [-0.2, -0.15) is 0 Å². The van der Waals surface area contributed by atoms with Gasteiger partial charge in [0.15, 0.2) is 0 Å². The maximum absolute atomic E-state index is 13.0. The van der Waals surface area contributed by atoms with Crippen LogP contribution in [0.15, 0.2) is 48.5 Å². The van der Waals surface area contributed by atoms with Gasteiger partial charge in [-0.25, -0.2) is 0 Å². The van der Waals surface area contributed by atoms with Gasteiger partial charge in [0.05, 0.1) is 22.5 Å². The Morgan fingerprint density at radius 3 is 2.14 bits per heavy atom. The number of nitrogens with zero attached hydrogens (tertiary/aromatic N) is 3. The molecule has 2 aliphatic heterocycles. The lowest BCUT2D eigenvalue weighted by Gasteiger charge is -2.42. The van der Waals surface area contributed by atoms with Gasteiger partial charge in [-0.1, -0.05) is 24.3 Å². The molecular formula is C22H23N3O3. The van der Waals surface area contributed by atoms with E-state index in [4.69, 9.17) is 0 Å². The summed E-state index contributed by atoms with van der Waals surface area (Å²) in [5.41, 5.74) is 2.75. The van der Waals surface area contributed by atoms with Crippen LogP contribution in [0.4, 0.5) is 11.4 Å². The fraction of sp³-hybridized carbons (Fsp3) is 0.318. The number of rotatable bonds is 4. The Morgan fingerprint density at radius 1 is 0.964 bits per heavy atom. The molecule has 28 heavy (non-hydrogen) atoms. The molecule has 1 unspecified atom stereocenters. The van der Waals surface area contributed by atoms with Crippen molar-refractivity contribution in [1.29, 1.82) is 0 Å². The van der Waals surface area contributed by atoms with Crippen LogP contribution in [-0.4, -0.2) is 48.3 Å². The van der Waals surface area contributed by atoms with Gasteiger partial charge in [0.1, 0.15) is 0 Å². The molecule has 6 nitrogen and oxygen atoms in total. The maximum Gasteiger partial charge on any atom is 0.261 e. The van der Waals surface area contributed by atoms with Gasteiger partial charge < -0.3 is 9.80 Å². The predicted octanol–water partition coefficient (Wildman–Crippen LogP) is 2.93. The molecule has 0 aliphatic carbocycles. The molecule has 2 aliphatic rings. The van der Waals surface area contributed by atoms with Crippen molar-refractivity contribution >= 4 is 29.1 Å². The number of anilines is 2. The molecule has 0 spiro atoms. The topological polar surface area (TPSA) is 60.9 Å². The van der Waals surface area contributed by atoms with Gasteiger partial charge in [-0.05, 0) is 38.1 Å². The van der Waals surface area contributed by atoms with Crippen LogP contribution in [0.2, 0.25) is 0 Å². The summed E-state index contributed by atoms with van der Waals surface area (Å²) in [5.74, 6) is -0.720. The minimum Gasteiger partial charge on any atom is -0.366 e. The standard InChI is InChI=1S/C22H23N3O3/c1-3-23-15(2)14-25(19-11-7-6-10-18(19)23)20(26)12-13-24-21(27)16-8-4-5-9-17(16)22(24)28/h4-11,15H,3,12-14H2,1-2H3. The van der Waals surface area contributed by atoms with E-state index in [1.165, 1.54) is 4.90 Å². The quantitative estimate of drug-likeness (QED) is 0.769. The fourth-order valence-electron chi connectivity index (χ4n) is 4.14. The molecule has 144 valence electrons. The first-order chi connectivity index (χ1) is 13.5. The highest BCUT2D eigenvalue weighted by Gasteiger charge is 2.36. The molecule has 3 amide bonds. The second-order valence-corrected chi connectivity index (χ2v) is 7.19. The summed E-state index contributed by atoms with van der Waals surface area (Å²) in [6.07, 6.45) is 0.110. The summed E-state index contributed by atoms with van der Waals surface area (Å²) < 4.78 is 0. The normalized spacial score (nSPS) is 18.4. The first-order valence-corrected chi connectivity index (χ1v) is 9.64. The monoisotopic (exact) mass is 377 g/mol. The van der Waals surface area contributed by atoms with E-state index in [0.717, 1.165) is 17.9 Å². The van der Waals surface area contributed by atoms with E-state index >= 15 is 0 Å². The van der Waals surface area contributed by atoms with Crippen LogP contribution in [-0.2, 0) is 4.79 Å².